The highest BCUT2D eigenvalue weighted by atomic mass is 16.4. The number of hydrogen-bond donors (Lipinski definition) is 7. The number of phenolic OH excluding ortho intramolecular Hbond substituents is 1. The average molecular weight is 423 g/mol. The first-order valence-corrected chi connectivity index (χ1v) is 8.93. The summed E-state index contributed by atoms with van der Waals surface area (Å²) in [5.74, 6) is -4.79. The summed E-state index contributed by atoms with van der Waals surface area (Å²) in [5, 5.41) is 22.8. The molecule has 30 heavy (non-hydrogen) atoms. The number of aliphatic carboxylic acids is 1. The molecular formula is C18H25N5O7. The number of benzene rings is 1. The molecule has 0 radical (unpaired) electrons. The lowest BCUT2D eigenvalue weighted by Gasteiger charge is -2.22. The van der Waals surface area contributed by atoms with Crippen LogP contribution < -0.4 is 27.8 Å². The molecule has 12 nitrogen and oxygen atoms in total. The first-order chi connectivity index (χ1) is 14.0. The standard InChI is InChI=1S/C18H25N5O7/c19-11(7-9-1-3-10(24)4-2-9)16(27)22-12(5-6-14(20)25)17(28)23-13(18(29)30)8-15(21)26/h1-4,11-13,24H,5-8,19H2,(H2,20,25)(H2,21,26)(H,22,27)(H,23,28)(H,29,30). The molecule has 0 saturated heterocycles. The van der Waals surface area contributed by atoms with Crippen LogP contribution in [0.5, 0.6) is 5.75 Å². The van der Waals surface area contributed by atoms with Gasteiger partial charge in [0.15, 0.2) is 0 Å². The first-order valence-electron chi connectivity index (χ1n) is 8.93. The zero-order valence-electron chi connectivity index (χ0n) is 16.0. The molecule has 10 N–H and O–H groups in total. The smallest absolute Gasteiger partial charge is 0.326 e. The van der Waals surface area contributed by atoms with E-state index in [2.05, 4.69) is 10.6 Å². The van der Waals surface area contributed by atoms with Crippen molar-refractivity contribution in [2.24, 2.45) is 17.2 Å². The van der Waals surface area contributed by atoms with E-state index in [9.17, 15) is 29.1 Å². The van der Waals surface area contributed by atoms with Gasteiger partial charge in [-0.1, -0.05) is 12.1 Å². The van der Waals surface area contributed by atoms with Crippen molar-refractivity contribution in [3.63, 3.8) is 0 Å². The molecule has 0 aliphatic rings. The van der Waals surface area contributed by atoms with Crippen LogP contribution in [0.25, 0.3) is 0 Å². The van der Waals surface area contributed by atoms with Crippen LogP contribution in [-0.4, -0.2) is 57.9 Å². The molecule has 0 bridgehead atoms. The lowest BCUT2D eigenvalue weighted by molar-refractivity contribution is -0.143. The fourth-order valence-corrected chi connectivity index (χ4v) is 2.49. The van der Waals surface area contributed by atoms with Gasteiger partial charge in [0.25, 0.3) is 0 Å². The van der Waals surface area contributed by atoms with Gasteiger partial charge in [-0.25, -0.2) is 4.79 Å². The van der Waals surface area contributed by atoms with Crippen LogP contribution in [0.3, 0.4) is 0 Å². The number of carboxylic acids is 1. The summed E-state index contributed by atoms with van der Waals surface area (Å²) in [7, 11) is 0. The molecule has 12 heteroatoms. The fraction of sp³-hybridized carbons (Fsp3) is 0.389. The quantitative estimate of drug-likeness (QED) is 0.189. The average Bonchev–Trinajstić information content (AvgIpc) is 2.65. The molecule has 0 fully saturated rings. The van der Waals surface area contributed by atoms with Crippen LogP contribution >= 0.6 is 0 Å². The van der Waals surface area contributed by atoms with Crippen LogP contribution in [0.15, 0.2) is 24.3 Å². The Morgan fingerprint density at radius 3 is 1.97 bits per heavy atom. The molecular weight excluding hydrogens is 398 g/mol. The monoisotopic (exact) mass is 423 g/mol. The van der Waals surface area contributed by atoms with E-state index in [1.807, 2.05) is 0 Å². The minimum atomic E-state index is -1.60. The number of phenols is 1. The van der Waals surface area contributed by atoms with E-state index < -0.39 is 54.1 Å². The van der Waals surface area contributed by atoms with Crippen LogP contribution in [0, 0.1) is 0 Å². The molecule has 164 valence electrons. The van der Waals surface area contributed by atoms with Gasteiger partial charge in [-0.05, 0) is 30.5 Å². The summed E-state index contributed by atoms with van der Waals surface area (Å²) in [6, 6.07) is 2.00. The van der Waals surface area contributed by atoms with Gasteiger partial charge >= 0.3 is 5.97 Å². The number of nitrogens with two attached hydrogens (primary N) is 3. The van der Waals surface area contributed by atoms with Gasteiger partial charge in [-0.15, -0.1) is 0 Å². The molecule has 0 aliphatic carbocycles. The maximum atomic E-state index is 12.4. The maximum absolute atomic E-state index is 12.4. The van der Waals surface area contributed by atoms with Crippen molar-refractivity contribution in [1.82, 2.24) is 10.6 Å². The molecule has 3 atom stereocenters. The normalized spacial score (nSPS) is 13.5. The minimum Gasteiger partial charge on any atom is -0.508 e. The van der Waals surface area contributed by atoms with Gasteiger partial charge in [0, 0.05) is 6.42 Å². The third kappa shape index (κ3) is 8.56. The van der Waals surface area contributed by atoms with Crippen molar-refractivity contribution >= 4 is 29.6 Å². The molecule has 4 amide bonds. The molecule has 1 aromatic carbocycles. The Balaban J connectivity index is 2.84. The van der Waals surface area contributed by atoms with E-state index in [1.54, 1.807) is 12.1 Å². The van der Waals surface area contributed by atoms with Crippen LogP contribution in [0.1, 0.15) is 24.8 Å². The number of amides is 4. The van der Waals surface area contributed by atoms with E-state index in [0.717, 1.165) is 0 Å². The summed E-state index contributed by atoms with van der Waals surface area (Å²) in [6.07, 6.45) is -1.03. The summed E-state index contributed by atoms with van der Waals surface area (Å²) in [6.45, 7) is 0. The Morgan fingerprint density at radius 2 is 1.47 bits per heavy atom. The summed E-state index contributed by atoms with van der Waals surface area (Å²) >= 11 is 0. The largest absolute Gasteiger partial charge is 0.508 e. The van der Waals surface area contributed by atoms with E-state index in [0.29, 0.717) is 5.56 Å². The second-order valence-electron chi connectivity index (χ2n) is 6.61. The van der Waals surface area contributed by atoms with Crippen molar-refractivity contribution in [1.29, 1.82) is 0 Å². The van der Waals surface area contributed by atoms with Gasteiger partial charge < -0.3 is 38.0 Å². The first kappa shape index (κ1) is 24.4. The SMILES string of the molecule is NC(=O)CCC(NC(=O)C(N)Cc1ccc(O)cc1)C(=O)NC(CC(N)=O)C(=O)O. The molecule has 0 aliphatic heterocycles. The summed E-state index contributed by atoms with van der Waals surface area (Å²) in [5.41, 5.74) is 16.6. The van der Waals surface area contributed by atoms with Crippen molar-refractivity contribution in [3.05, 3.63) is 29.8 Å². The lowest BCUT2D eigenvalue weighted by Crippen LogP contribution is -2.55. The Labute approximate surface area is 171 Å². The Bertz CT molecular complexity index is 797. The molecule has 0 saturated carbocycles. The van der Waals surface area contributed by atoms with Crippen LogP contribution in [-0.2, 0) is 30.4 Å². The van der Waals surface area contributed by atoms with Crippen LogP contribution in [0.4, 0.5) is 0 Å². The number of aromatic hydroxyl groups is 1. The number of hydrogen-bond acceptors (Lipinski definition) is 7. The molecule has 0 aromatic heterocycles. The molecule has 0 heterocycles. The van der Waals surface area contributed by atoms with E-state index in [4.69, 9.17) is 22.3 Å². The number of nitrogens with one attached hydrogen (secondary N) is 2. The van der Waals surface area contributed by atoms with Gasteiger partial charge in [-0.2, -0.15) is 0 Å². The second kappa shape index (κ2) is 11.4. The highest BCUT2D eigenvalue weighted by Gasteiger charge is 2.29. The van der Waals surface area contributed by atoms with Gasteiger partial charge in [0.2, 0.25) is 23.6 Å². The summed E-state index contributed by atoms with van der Waals surface area (Å²) in [4.78, 5) is 58.1. The predicted molar refractivity (Wildman–Crippen MR) is 104 cm³/mol. The molecule has 3 unspecified atom stereocenters. The van der Waals surface area contributed by atoms with Crippen LogP contribution in [0.2, 0.25) is 0 Å². The third-order valence-corrected chi connectivity index (χ3v) is 4.06. The van der Waals surface area contributed by atoms with Crippen molar-refractivity contribution in [2.75, 3.05) is 0 Å². The molecule has 1 aromatic rings. The van der Waals surface area contributed by atoms with Crippen molar-refractivity contribution < 1.29 is 34.2 Å². The number of primary amides is 2. The van der Waals surface area contributed by atoms with Crippen molar-refractivity contribution in [2.45, 2.75) is 43.8 Å². The summed E-state index contributed by atoms with van der Waals surface area (Å²) < 4.78 is 0. The molecule has 0 spiro atoms. The molecule has 1 rings (SSSR count). The maximum Gasteiger partial charge on any atom is 0.326 e. The van der Waals surface area contributed by atoms with Crippen molar-refractivity contribution in [3.8, 4) is 5.75 Å². The Hall–Kier alpha value is -3.67. The van der Waals surface area contributed by atoms with E-state index in [1.165, 1.54) is 12.1 Å². The Kier molecular flexibility index (Phi) is 9.23. The zero-order valence-corrected chi connectivity index (χ0v) is 16.0. The van der Waals surface area contributed by atoms with E-state index in [-0.39, 0.29) is 25.0 Å². The number of carbonyl (C=O) groups excluding carboxylic acids is 4. The van der Waals surface area contributed by atoms with E-state index >= 15 is 0 Å². The highest BCUT2D eigenvalue weighted by molar-refractivity contribution is 5.93. The lowest BCUT2D eigenvalue weighted by atomic mass is 10.0. The zero-order chi connectivity index (χ0) is 22.8. The Morgan fingerprint density at radius 1 is 0.900 bits per heavy atom. The van der Waals surface area contributed by atoms with Gasteiger partial charge in [0.05, 0.1) is 12.5 Å². The highest BCUT2D eigenvalue weighted by Crippen LogP contribution is 2.11. The topological polar surface area (TPSA) is 228 Å². The fourth-order valence-electron chi connectivity index (χ4n) is 2.49. The number of carboxylic acid groups (broad SMARTS) is 1. The van der Waals surface area contributed by atoms with Gasteiger partial charge in [0.1, 0.15) is 17.8 Å². The third-order valence-electron chi connectivity index (χ3n) is 4.06. The predicted octanol–water partition coefficient (Wildman–Crippen LogP) is -2.54. The number of carbonyl (C=O) groups is 5. The second-order valence-corrected chi connectivity index (χ2v) is 6.61. The number of rotatable bonds is 12. The van der Waals surface area contributed by atoms with Gasteiger partial charge in [-0.3, -0.25) is 19.2 Å². The minimum absolute atomic E-state index is 0.0453.